The van der Waals surface area contributed by atoms with Gasteiger partial charge in [-0.25, -0.2) is 0 Å². The molecule has 0 amide bonds. The van der Waals surface area contributed by atoms with Crippen LogP contribution in [-0.4, -0.2) is 23.0 Å². The summed E-state index contributed by atoms with van der Waals surface area (Å²) in [4.78, 5) is 6.08. The van der Waals surface area contributed by atoms with E-state index in [9.17, 15) is 0 Å². The SMILES string of the molecule is NCc1cccc2cc(CN3CCCCC3)[nH]c12. The van der Waals surface area contributed by atoms with Crippen molar-refractivity contribution >= 4 is 10.9 Å². The number of hydrogen-bond acceptors (Lipinski definition) is 2. The van der Waals surface area contributed by atoms with E-state index in [1.54, 1.807) is 0 Å². The predicted molar refractivity (Wildman–Crippen MR) is 75.3 cm³/mol. The fourth-order valence-electron chi connectivity index (χ4n) is 2.89. The maximum atomic E-state index is 5.78. The van der Waals surface area contributed by atoms with E-state index in [0.717, 1.165) is 6.54 Å². The van der Waals surface area contributed by atoms with E-state index in [1.807, 2.05) is 0 Å². The van der Waals surface area contributed by atoms with E-state index in [4.69, 9.17) is 5.73 Å². The van der Waals surface area contributed by atoms with Gasteiger partial charge in [-0.1, -0.05) is 24.6 Å². The summed E-state index contributed by atoms with van der Waals surface area (Å²) in [6.45, 7) is 4.11. The zero-order valence-electron chi connectivity index (χ0n) is 10.8. The summed E-state index contributed by atoms with van der Waals surface area (Å²) in [7, 11) is 0. The second kappa shape index (κ2) is 5.12. The van der Waals surface area contributed by atoms with Crippen LogP contribution in [0.5, 0.6) is 0 Å². The minimum atomic E-state index is 0.598. The minimum absolute atomic E-state index is 0.598. The average molecular weight is 243 g/mol. The normalized spacial score (nSPS) is 17.4. The van der Waals surface area contributed by atoms with Crippen LogP contribution < -0.4 is 5.73 Å². The van der Waals surface area contributed by atoms with Crippen LogP contribution in [0.25, 0.3) is 10.9 Å². The summed E-state index contributed by atoms with van der Waals surface area (Å²) in [6, 6.07) is 8.61. The van der Waals surface area contributed by atoms with E-state index >= 15 is 0 Å². The Morgan fingerprint density at radius 3 is 2.78 bits per heavy atom. The van der Waals surface area contributed by atoms with Crippen LogP contribution in [0.2, 0.25) is 0 Å². The van der Waals surface area contributed by atoms with Gasteiger partial charge in [0.15, 0.2) is 0 Å². The van der Waals surface area contributed by atoms with Gasteiger partial charge in [0.05, 0.1) is 5.52 Å². The highest BCUT2D eigenvalue weighted by molar-refractivity contribution is 5.83. The Hall–Kier alpha value is -1.32. The van der Waals surface area contributed by atoms with Crippen LogP contribution in [-0.2, 0) is 13.1 Å². The van der Waals surface area contributed by atoms with Gasteiger partial charge < -0.3 is 10.7 Å². The molecule has 1 aromatic carbocycles. The summed E-state index contributed by atoms with van der Waals surface area (Å²) < 4.78 is 0. The monoisotopic (exact) mass is 243 g/mol. The third kappa shape index (κ3) is 2.28. The number of hydrogen-bond donors (Lipinski definition) is 2. The molecule has 3 rings (SSSR count). The molecule has 96 valence electrons. The molecule has 2 aromatic rings. The number of rotatable bonds is 3. The number of H-pyrrole nitrogens is 1. The van der Waals surface area contributed by atoms with Gasteiger partial charge in [-0.05, 0) is 37.6 Å². The van der Waals surface area contributed by atoms with Crippen molar-refractivity contribution in [3.8, 4) is 0 Å². The number of aromatic nitrogens is 1. The lowest BCUT2D eigenvalue weighted by Gasteiger charge is -2.25. The number of aromatic amines is 1. The quantitative estimate of drug-likeness (QED) is 0.870. The number of nitrogens with one attached hydrogen (secondary N) is 1. The molecule has 0 unspecified atom stereocenters. The molecule has 0 radical (unpaired) electrons. The standard InChI is InChI=1S/C15H21N3/c16-10-13-6-4-5-12-9-14(17-15(12)13)11-18-7-2-1-3-8-18/h4-6,9,17H,1-3,7-8,10-11,16H2. The fraction of sp³-hybridized carbons (Fsp3) is 0.467. The molecule has 1 aliphatic rings. The van der Waals surface area contributed by atoms with Gasteiger partial charge in [-0.15, -0.1) is 0 Å². The van der Waals surface area contributed by atoms with Crippen molar-refractivity contribution in [1.82, 2.24) is 9.88 Å². The molecule has 0 atom stereocenters. The van der Waals surface area contributed by atoms with Gasteiger partial charge in [0.1, 0.15) is 0 Å². The minimum Gasteiger partial charge on any atom is -0.357 e. The van der Waals surface area contributed by atoms with Crippen molar-refractivity contribution in [3.05, 3.63) is 35.5 Å². The van der Waals surface area contributed by atoms with Crippen molar-refractivity contribution in [2.45, 2.75) is 32.4 Å². The van der Waals surface area contributed by atoms with Crippen molar-refractivity contribution in [2.75, 3.05) is 13.1 Å². The van der Waals surface area contributed by atoms with Crippen molar-refractivity contribution in [2.24, 2.45) is 5.73 Å². The van der Waals surface area contributed by atoms with E-state index in [2.05, 4.69) is 34.1 Å². The molecule has 0 spiro atoms. The molecule has 1 aliphatic heterocycles. The molecular formula is C15H21N3. The third-order valence-electron chi connectivity index (χ3n) is 3.86. The molecule has 3 N–H and O–H groups in total. The summed E-state index contributed by atoms with van der Waals surface area (Å²) in [5, 5.41) is 1.28. The van der Waals surface area contributed by atoms with Crippen molar-refractivity contribution in [3.63, 3.8) is 0 Å². The molecule has 0 aliphatic carbocycles. The summed E-state index contributed by atoms with van der Waals surface area (Å²) in [5.74, 6) is 0. The van der Waals surface area contributed by atoms with Gasteiger partial charge in [-0.2, -0.15) is 0 Å². The van der Waals surface area contributed by atoms with Gasteiger partial charge in [0.25, 0.3) is 0 Å². The highest BCUT2D eigenvalue weighted by Gasteiger charge is 2.12. The first-order valence-electron chi connectivity index (χ1n) is 6.89. The lowest BCUT2D eigenvalue weighted by molar-refractivity contribution is 0.219. The lowest BCUT2D eigenvalue weighted by atomic mass is 10.1. The first-order chi connectivity index (χ1) is 8.86. The molecule has 18 heavy (non-hydrogen) atoms. The van der Waals surface area contributed by atoms with E-state index in [1.165, 1.54) is 54.5 Å². The lowest BCUT2D eigenvalue weighted by Crippen LogP contribution is -2.29. The molecule has 1 aromatic heterocycles. The third-order valence-corrected chi connectivity index (χ3v) is 3.86. The predicted octanol–water partition coefficient (Wildman–Crippen LogP) is 2.61. The average Bonchev–Trinajstić information content (AvgIpc) is 2.82. The van der Waals surface area contributed by atoms with E-state index < -0.39 is 0 Å². The smallest absolute Gasteiger partial charge is 0.0501 e. The Kier molecular flexibility index (Phi) is 3.35. The maximum Gasteiger partial charge on any atom is 0.0501 e. The number of para-hydroxylation sites is 1. The zero-order chi connectivity index (χ0) is 12.4. The van der Waals surface area contributed by atoms with Gasteiger partial charge in [0.2, 0.25) is 0 Å². The van der Waals surface area contributed by atoms with Crippen LogP contribution in [0.4, 0.5) is 0 Å². The summed E-state index contributed by atoms with van der Waals surface area (Å²) in [6.07, 6.45) is 4.07. The van der Waals surface area contributed by atoms with Crippen LogP contribution in [0.1, 0.15) is 30.5 Å². The first kappa shape index (κ1) is 11.8. The highest BCUT2D eigenvalue weighted by atomic mass is 15.1. The van der Waals surface area contributed by atoms with Crippen molar-refractivity contribution in [1.29, 1.82) is 0 Å². The Labute approximate surface area is 108 Å². The number of benzene rings is 1. The second-order valence-corrected chi connectivity index (χ2v) is 5.22. The topological polar surface area (TPSA) is 45.0 Å². The molecule has 0 saturated carbocycles. The number of nitrogens with zero attached hydrogens (tertiary/aromatic N) is 1. The Morgan fingerprint density at radius 1 is 1.17 bits per heavy atom. The molecule has 3 heteroatoms. The van der Waals surface area contributed by atoms with Crippen LogP contribution in [0.3, 0.4) is 0 Å². The maximum absolute atomic E-state index is 5.78. The Balaban J connectivity index is 1.84. The molecule has 1 saturated heterocycles. The van der Waals surface area contributed by atoms with Gasteiger partial charge in [-0.3, -0.25) is 4.90 Å². The number of likely N-dealkylation sites (tertiary alicyclic amines) is 1. The second-order valence-electron chi connectivity index (χ2n) is 5.22. The summed E-state index contributed by atoms with van der Waals surface area (Å²) >= 11 is 0. The van der Waals surface area contributed by atoms with E-state index in [0.29, 0.717) is 6.54 Å². The van der Waals surface area contributed by atoms with Gasteiger partial charge in [0, 0.05) is 24.2 Å². The Morgan fingerprint density at radius 2 is 2.00 bits per heavy atom. The number of piperidine rings is 1. The molecule has 3 nitrogen and oxygen atoms in total. The molecule has 1 fully saturated rings. The molecular weight excluding hydrogens is 222 g/mol. The fourth-order valence-corrected chi connectivity index (χ4v) is 2.89. The first-order valence-corrected chi connectivity index (χ1v) is 6.89. The number of nitrogens with two attached hydrogens (primary N) is 1. The van der Waals surface area contributed by atoms with Gasteiger partial charge >= 0.3 is 0 Å². The Bertz CT molecular complexity index is 524. The van der Waals surface area contributed by atoms with Crippen LogP contribution in [0, 0.1) is 0 Å². The zero-order valence-corrected chi connectivity index (χ0v) is 10.8. The van der Waals surface area contributed by atoms with E-state index in [-0.39, 0.29) is 0 Å². The van der Waals surface area contributed by atoms with Crippen molar-refractivity contribution < 1.29 is 0 Å². The molecule has 2 heterocycles. The number of fused-ring (bicyclic) bond motifs is 1. The largest absolute Gasteiger partial charge is 0.357 e. The summed E-state index contributed by atoms with van der Waals surface area (Å²) in [5.41, 5.74) is 9.51. The highest BCUT2D eigenvalue weighted by Crippen LogP contribution is 2.21. The van der Waals surface area contributed by atoms with Crippen LogP contribution in [0.15, 0.2) is 24.3 Å². The molecule has 0 bridgehead atoms. The van der Waals surface area contributed by atoms with Crippen LogP contribution >= 0.6 is 0 Å².